The van der Waals surface area contributed by atoms with E-state index in [9.17, 15) is 0 Å². The monoisotopic (exact) mass is 716 g/mol. The SMILES string of the molecule is C#C.C/C=C1C/C=C\C2=C3CCCCCC/C(C)=C(/OC(=C\OC)/C(c4ccccc4)=S(\C)C/C=C/C(C)=C/1NC)N3c1ccccc1CC2.C=C. The number of rotatable bonds is 3. The van der Waals surface area contributed by atoms with Gasteiger partial charge < -0.3 is 14.8 Å². The molecule has 5 rings (SSSR count). The zero-order valence-corrected chi connectivity index (χ0v) is 33.3. The number of ether oxygens (including phenoxy) is 2. The number of hydrogen-bond acceptors (Lipinski definition) is 4. The van der Waals surface area contributed by atoms with E-state index in [1.165, 1.54) is 62.6 Å². The van der Waals surface area contributed by atoms with Crippen LogP contribution in [0.1, 0.15) is 83.3 Å². The lowest BCUT2D eigenvalue weighted by Crippen LogP contribution is -2.28. The van der Waals surface area contributed by atoms with Crippen LogP contribution in [-0.2, 0) is 15.9 Å². The number of hydrogen-bond donors (Lipinski definition) is 1. The molecule has 2 aromatic carbocycles. The van der Waals surface area contributed by atoms with Gasteiger partial charge in [0.05, 0.1) is 17.7 Å². The predicted octanol–water partition coefficient (Wildman–Crippen LogP) is 11.9. The Morgan fingerprint density at radius 3 is 2.27 bits per heavy atom. The second-order valence-electron chi connectivity index (χ2n) is 12.9. The van der Waals surface area contributed by atoms with Gasteiger partial charge in [-0.05, 0) is 111 Å². The molecule has 1 N–H and O–H groups in total. The van der Waals surface area contributed by atoms with Gasteiger partial charge in [-0.2, -0.15) is 10.5 Å². The van der Waals surface area contributed by atoms with Crippen LogP contribution in [0.4, 0.5) is 5.69 Å². The van der Waals surface area contributed by atoms with E-state index in [0.29, 0.717) is 0 Å². The van der Waals surface area contributed by atoms with Crippen LogP contribution in [0.5, 0.6) is 0 Å². The maximum Gasteiger partial charge on any atom is 0.203 e. The second-order valence-corrected chi connectivity index (χ2v) is 14.9. The molecule has 3 aliphatic rings. The van der Waals surface area contributed by atoms with Crippen LogP contribution in [0, 0.1) is 12.8 Å². The average molecular weight is 717 g/mol. The third kappa shape index (κ3) is 10.7. The summed E-state index contributed by atoms with van der Waals surface area (Å²) in [6.07, 6.45) is 33.4. The molecule has 0 amide bonds. The second kappa shape index (κ2) is 22.3. The molecule has 0 fully saturated rings. The van der Waals surface area contributed by atoms with Gasteiger partial charge >= 0.3 is 0 Å². The molecule has 0 saturated heterocycles. The molecule has 4 bridgehead atoms. The normalized spacial score (nSPS) is 25.0. The molecule has 0 spiro atoms. The number of nitrogens with one attached hydrogen (secondary N) is 1. The molecular weight excluding hydrogens is 657 g/mol. The number of likely N-dealkylation sites (N-methyl/N-ethyl adjacent to an activating group) is 1. The first-order valence-corrected chi connectivity index (χ1v) is 20.2. The van der Waals surface area contributed by atoms with E-state index >= 15 is 0 Å². The quantitative estimate of drug-likeness (QED) is 0.113. The van der Waals surface area contributed by atoms with Crippen molar-refractivity contribution < 1.29 is 9.47 Å². The van der Waals surface area contributed by atoms with Crippen molar-refractivity contribution in [2.45, 2.75) is 78.6 Å². The van der Waals surface area contributed by atoms with E-state index in [0.717, 1.165) is 67.9 Å². The van der Waals surface area contributed by atoms with Crippen molar-refractivity contribution in [1.82, 2.24) is 5.32 Å². The summed E-state index contributed by atoms with van der Waals surface area (Å²) in [6, 6.07) is 19.6. The third-order valence-corrected chi connectivity index (χ3v) is 11.4. The van der Waals surface area contributed by atoms with Gasteiger partial charge in [0.1, 0.15) is 6.26 Å². The van der Waals surface area contributed by atoms with E-state index < -0.39 is 0 Å². The summed E-state index contributed by atoms with van der Waals surface area (Å²) in [5.41, 5.74) is 11.5. The molecule has 5 heteroatoms. The molecule has 4 nitrogen and oxygen atoms in total. The molecule has 0 radical (unpaired) electrons. The van der Waals surface area contributed by atoms with Gasteiger partial charge in [0.15, 0.2) is 5.76 Å². The summed E-state index contributed by atoms with van der Waals surface area (Å²) in [5.74, 6) is 2.58. The van der Waals surface area contributed by atoms with Crippen molar-refractivity contribution in [3.63, 3.8) is 0 Å². The first kappa shape index (κ1) is 41.8. The smallest absolute Gasteiger partial charge is 0.203 e. The predicted molar refractivity (Wildman–Crippen MR) is 229 cm³/mol. The number of benzene rings is 2. The number of terminal acetylenes is 1. The van der Waals surface area contributed by atoms with Crippen molar-refractivity contribution in [2.75, 3.05) is 31.1 Å². The van der Waals surface area contributed by atoms with Gasteiger partial charge in [-0.15, -0.1) is 26.0 Å². The van der Waals surface area contributed by atoms with Crippen LogP contribution >= 0.6 is 10.5 Å². The minimum atomic E-state index is -0.185. The Balaban J connectivity index is 0.00000176. The molecule has 0 aromatic heterocycles. The fourth-order valence-electron chi connectivity index (χ4n) is 7.07. The highest BCUT2D eigenvalue weighted by Gasteiger charge is 2.30. The highest BCUT2D eigenvalue weighted by Crippen LogP contribution is 2.41. The summed E-state index contributed by atoms with van der Waals surface area (Å²) >= 11 is 0. The van der Waals surface area contributed by atoms with E-state index in [2.05, 4.69) is 148 Å². The highest BCUT2D eigenvalue weighted by molar-refractivity contribution is 8.16. The molecule has 276 valence electrons. The Morgan fingerprint density at radius 2 is 1.58 bits per heavy atom. The number of nitrogens with zero attached hydrogens (tertiary/aromatic N) is 1. The number of aryl methyl sites for hydroxylation is 1. The van der Waals surface area contributed by atoms with Crippen molar-refractivity contribution in [3.05, 3.63) is 161 Å². The first-order valence-electron chi connectivity index (χ1n) is 18.4. The molecule has 52 heavy (non-hydrogen) atoms. The average Bonchev–Trinajstić information content (AvgIpc) is 3.32. The number of para-hydroxylation sites is 1. The van der Waals surface area contributed by atoms with Gasteiger partial charge in [0.25, 0.3) is 0 Å². The minimum absolute atomic E-state index is 0.185. The number of methoxy groups -OCH3 is 1. The molecule has 1 unspecified atom stereocenters. The van der Waals surface area contributed by atoms with Gasteiger partial charge in [-0.25, -0.2) is 0 Å². The van der Waals surface area contributed by atoms with Crippen molar-refractivity contribution >= 4 is 21.0 Å². The fourth-order valence-corrected chi connectivity index (χ4v) is 8.60. The molecule has 0 saturated carbocycles. The maximum atomic E-state index is 7.36. The summed E-state index contributed by atoms with van der Waals surface area (Å²) < 4.78 is 13.2. The zero-order valence-electron chi connectivity index (χ0n) is 32.5. The van der Waals surface area contributed by atoms with Crippen LogP contribution in [-0.4, -0.2) is 31.0 Å². The van der Waals surface area contributed by atoms with E-state index in [-0.39, 0.29) is 10.5 Å². The lowest BCUT2D eigenvalue weighted by Gasteiger charge is -2.34. The van der Waals surface area contributed by atoms with Gasteiger partial charge in [0, 0.05) is 24.2 Å². The minimum Gasteiger partial charge on any atom is -0.500 e. The lowest BCUT2D eigenvalue weighted by molar-refractivity contribution is 0.267. The molecule has 0 aliphatic carbocycles. The number of allylic oxidation sites excluding steroid dienone is 10. The third-order valence-electron chi connectivity index (χ3n) is 9.54. The van der Waals surface area contributed by atoms with E-state index in [1.54, 1.807) is 7.11 Å². The van der Waals surface area contributed by atoms with Crippen molar-refractivity contribution in [1.29, 1.82) is 0 Å². The van der Waals surface area contributed by atoms with Crippen LogP contribution in [0.2, 0.25) is 0 Å². The lowest BCUT2D eigenvalue weighted by atomic mass is 9.98. The Labute approximate surface area is 318 Å². The molecule has 2 aromatic rings. The van der Waals surface area contributed by atoms with E-state index in [1.807, 2.05) is 13.3 Å². The van der Waals surface area contributed by atoms with Crippen LogP contribution in [0.25, 0.3) is 0 Å². The Kier molecular flexibility index (Phi) is 17.9. The largest absolute Gasteiger partial charge is 0.500 e. The Morgan fingerprint density at radius 1 is 0.885 bits per heavy atom. The molecular formula is C47H60N2O2S. The van der Waals surface area contributed by atoms with Crippen molar-refractivity contribution in [3.8, 4) is 12.8 Å². The zero-order chi connectivity index (χ0) is 37.9. The molecule has 3 aliphatic heterocycles. The van der Waals surface area contributed by atoms with Gasteiger partial charge in [0.2, 0.25) is 5.88 Å². The first-order chi connectivity index (χ1) is 25.5. The summed E-state index contributed by atoms with van der Waals surface area (Å²) in [5, 5.41) is 3.52. The Bertz CT molecular complexity index is 1760. The van der Waals surface area contributed by atoms with Crippen LogP contribution < -0.4 is 10.2 Å². The summed E-state index contributed by atoms with van der Waals surface area (Å²) in [6.45, 7) is 12.6. The number of fused-ring (bicyclic) bond motifs is 1. The van der Waals surface area contributed by atoms with Gasteiger partial charge in [-0.3, -0.25) is 4.90 Å². The maximum absolute atomic E-state index is 7.36. The number of anilines is 1. The highest BCUT2D eigenvalue weighted by atomic mass is 32.2. The van der Waals surface area contributed by atoms with Gasteiger partial charge in [-0.1, -0.05) is 91.8 Å². The summed E-state index contributed by atoms with van der Waals surface area (Å²) in [7, 11) is 3.58. The standard InChI is InChI=1S/C43H54N2O2S.C2H4.C2H2/c1-7-34-24-17-25-36-29-28-35-21-15-16-27-39(35)45-38(36)26-14-9-8-11-19-33(3)43(45)47-40(31-46-5)42(37-22-12-10-13-23-37)48(6)30-18-20-32(2)41(34)44-4;2*1-2/h7,10,12-13,15-18,20-23,25,27,31,44H,8-9,11,14,19,24,26,28-30H2,1-6H3;1-2H2;1-2H/b20-18+,25-17-,34-7-,40-31-,41-32-,43-33+;;. The fraction of sp³-hybridized carbons (Fsp3) is 0.340. The topological polar surface area (TPSA) is 33.7 Å². The summed E-state index contributed by atoms with van der Waals surface area (Å²) in [4.78, 5) is 3.65. The van der Waals surface area contributed by atoms with Crippen LogP contribution in [0.15, 0.2) is 150 Å². The van der Waals surface area contributed by atoms with E-state index in [4.69, 9.17) is 9.47 Å². The van der Waals surface area contributed by atoms with Crippen molar-refractivity contribution in [2.24, 2.45) is 0 Å². The molecule has 3 heterocycles. The molecule has 1 atom stereocenters. The Hall–Kier alpha value is -4.66. The van der Waals surface area contributed by atoms with Crippen LogP contribution in [0.3, 0.4) is 0 Å².